The molecule has 10 heteroatoms. The molecule has 330 valence electrons. The standard InChI is InChI=1S/C56H48N2O8/c1-4-5-8-17-35(3)57(44-24-14-13-16-34(44)2)43-23-15-22-41(33-43)38-29-31-42(32-30-38)58(47-53(63)49(59)45(50(60)54(47)64)39-20-11-7-12-21-39)48-55(65)51(61)46(52(62)56(48)66)40-27-25-37(26-28-40)36-18-9-6-10-19-36/h4-33,35,59-66H,1-3H3/b5-4-,17-8-. The molecule has 8 aromatic rings. The number of anilines is 5. The van der Waals surface area contributed by atoms with E-state index in [1.165, 1.54) is 0 Å². The number of aromatic hydroxyl groups is 8. The van der Waals surface area contributed by atoms with Gasteiger partial charge in [-0.3, -0.25) is 4.90 Å². The molecule has 10 nitrogen and oxygen atoms in total. The van der Waals surface area contributed by atoms with Crippen molar-refractivity contribution in [1.29, 1.82) is 0 Å². The molecule has 8 N–H and O–H groups in total. The van der Waals surface area contributed by atoms with E-state index in [-0.39, 0.29) is 34.0 Å². The van der Waals surface area contributed by atoms with Gasteiger partial charge in [-0.1, -0.05) is 152 Å². The fraction of sp³-hybridized carbons (Fsp3) is 0.0714. The third-order valence-corrected chi connectivity index (χ3v) is 11.6. The van der Waals surface area contributed by atoms with Crippen LogP contribution in [0.4, 0.5) is 28.4 Å². The molecule has 0 bridgehead atoms. The first-order chi connectivity index (χ1) is 31.9. The second-order valence-electron chi connectivity index (χ2n) is 15.8. The van der Waals surface area contributed by atoms with Gasteiger partial charge >= 0.3 is 0 Å². The zero-order chi connectivity index (χ0) is 46.6. The molecule has 66 heavy (non-hydrogen) atoms. The maximum Gasteiger partial charge on any atom is 0.186 e. The molecule has 0 aromatic heterocycles. The van der Waals surface area contributed by atoms with Crippen LogP contribution in [-0.4, -0.2) is 46.9 Å². The van der Waals surface area contributed by atoms with E-state index in [1.54, 1.807) is 78.9 Å². The maximum absolute atomic E-state index is 11.9. The number of benzene rings is 8. The van der Waals surface area contributed by atoms with E-state index in [4.69, 9.17) is 0 Å². The quantitative estimate of drug-likeness (QED) is 0.0336. The van der Waals surface area contributed by atoms with Gasteiger partial charge < -0.3 is 45.8 Å². The van der Waals surface area contributed by atoms with Crippen molar-refractivity contribution in [2.45, 2.75) is 26.8 Å². The summed E-state index contributed by atoms with van der Waals surface area (Å²) >= 11 is 0. The molecule has 0 aliphatic heterocycles. The Morgan fingerprint density at radius 2 is 0.833 bits per heavy atom. The van der Waals surface area contributed by atoms with Gasteiger partial charge in [0, 0.05) is 23.1 Å². The van der Waals surface area contributed by atoms with Crippen molar-refractivity contribution in [3.8, 4) is 90.5 Å². The lowest BCUT2D eigenvalue weighted by Crippen LogP contribution is -2.27. The molecular weight excluding hydrogens is 829 g/mol. The van der Waals surface area contributed by atoms with E-state index >= 15 is 0 Å². The van der Waals surface area contributed by atoms with Crippen molar-refractivity contribution >= 4 is 28.4 Å². The number of phenolic OH excluding ortho intramolecular Hbond substituents is 8. The number of allylic oxidation sites excluding steroid dienone is 3. The van der Waals surface area contributed by atoms with Crippen LogP contribution in [0.15, 0.2) is 182 Å². The molecule has 0 aliphatic rings. The zero-order valence-electron chi connectivity index (χ0n) is 36.4. The molecule has 0 radical (unpaired) electrons. The zero-order valence-corrected chi connectivity index (χ0v) is 36.4. The smallest absolute Gasteiger partial charge is 0.186 e. The Morgan fingerprint density at radius 3 is 1.36 bits per heavy atom. The van der Waals surface area contributed by atoms with Crippen molar-refractivity contribution < 1.29 is 40.9 Å². The fourth-order valence-electron chi connectivity index (χ4n) is 8.26. The van der Waals surface area contributed by atoms with Crippen molar-refractivity contribution in [1.82, 2.24) is 0 Å². The molecule has 0 aliphatic carbocycles. The summed E-state index contributed by atoms with van der Waals surface area (Å²) in [6, 6.07) is 47.0. The van der Waals surface area contributed by atoms with E-state index in [0.29, 0.717) is 0 Å². The Labute approximate surface area is 382 Å². The Morgan fingerprint density at radius 1 is 0.409 bits per heavy atom. The van der Waals surface area contributed by atoms with Gasteiger partial charge in [0.25, 0.3) is 0 Å². The molecule has 0 fully saturated rings. The van der Waals surface area contributed by atoms with Crippen molar-refractivity contribution in [3.63, 3.8) is 0 Å². The van der Waals surface area contributed by atoms with Gasteiger partial charge in [0.1, 0.15) is 11.4 Å². The van der Waals surface area contributed by atoms with Crippen LogP contribution in [0.1, 0.15) is 19.4 Å². The molecule has 8 aromatic carbocycles. The topological polar surface area (TPSA) is 168 Å². The molecule has 0 heterocycles. The molecular formula is C56H48N2O8. The highest BCUT2D eigenvalue weighted by Crippen LogP contribution is 2.63. The minimum Gasteiger partial charge on any atom is -0.504 e. The third-order valence-electron chi connectivity index (χ3n) is 11.6. The molecule has 1 atom stereocenters. The molecule has 0 amide bonds. The summed E-state index contributed by atoms with van der Waals surface area (Å²) in [5.41, 5.74) is 4.97. The first-order valence-electron chi connectivity index (χ1n) is 21.3. The van der Waals surface area contributed by atoms with Crippen LogP contribution >= 0.6 is 0 Å². The van der Waals surface area contributed by atoms with Crippen molar-refractivity contribution in [2.75, 3.05) is 9.80 Å². The van der Waals surface area contributed by atoms with E-state index in [2.05, 4.69) is 37.0 Å². The van der Waals surface area contributed by atoms with Gasteiger partial charge in [0.05, 0.1) is 11.1 Å². The second-order valence-corrected chi connectivity index (χ2v) is 15.8. The summed E-state index contributed by atoms with van der Waals surface area (Å²) < 4.78 is 0. The predicted molar refractivity (Wildman–Crippen MR) is 263 cm³/mol. The van der Waals surface area contributed by atoms with Gasteiger partial charge in [0.2, 0.25) is 0 Å². The third kappa shape index (κ3) is 8.15. The fourth-order valence-corrected chi connectivity index (χ4v) is 8.26. The summed E-state index contributed by atoms with van der Waals surface area (Å²) in [4.78, 5) is 3.18. The minimum atomic E-state index is -0.956. The summed E-state index contributed by atoms with van der Waals surface area (Å²) in [6.45, 7) is 6.14. The van der Waals surface area contributed by atoms with E-state index in [9.17, 15) is 40.9 Å². The highest BCUT2D eigenvalue weighted by molar-refractivity contribution is 6.00. The van der Waals surface area contributed by atoms with Crippen LogP contribution in [0.3, 0.4) is 0 Å². The van der Waals surface area contributed by atoms with Crippen LogP contribution < -0.4 is 9.80 Å². The van der Waals surface area contributed by atoms with E-state index in [0.717, 1.165) is 44.1 Å². The van der Waals surface area contributed by atoms with E-state index in [1.807, 2.05) is 91.9 Å². The first kappa shape index (κ1) is 43.9. The summed E-state index contributed by atoms with van der Waals surface area (Å²) in [5.74, 6) is -7.16. The van der Waals surface area contributed by atoms with Crippen molar-refractivity contribution in [3.05, 3.63) is 188 Å². The van der Waals surface area contributed by atoms with Crippen LogP contribution in [0.2, 0.25) is 0 Å². The molecule has 8 rings (SSSR count). The number of rotatable bonds is 12. The van der Waals surface area contributed by atoms with Crippen LogP contribution in [0, 0.1) is 6.92 Å². The predicted octanol–water partition coefficient (Wildman–Crippen LogP) is 13.4. The van der Waals surface area contributed by atoms with Crippen LogP contribution in [0.5, 0.6) is 46.0 Å². The Hall–Kier alpha value is -8.76. The summed E-state index contributed by atoms with van der Waals surface area (Å²) in [5, 5.41) is 93.8. The number of hydrogen-bond acceptors (Lipinski definition) is 10. The average Bonchev–Trinajstić information content (AvgIpc) is 3.34. The lowest BCUT2D eigenvalue weighted by Gasteiger charge is -2.31. The summed E-state index contributed by atoms with van der Waals surface area (Å²) in [6.07, 6.45) is 8.08. The van der Waals surface area contributed by atoms with E-state index < -0.39 is 57.4 Å². The van der Waals surface area contributed by atoms with Gasteiger partial charge in [-0.2, -0.15) is 0 Å². The SMILES string of the molecule is C/C=C\C=C/C(C)N(c1cccc(-c2ccc(N(c3c(O)c(O)c(-c4ccccc4)c(O)c3O)c3c(O)c(O)c(-c4ccc(-c5ccccc5)cc4)c(O)c3O)cc2)c1)c1ccccc1C. The summed E-state index contributed by atoms with van der Waals surface area (Å²) in [7, 11) is 0. The average molecular weight is 877 g/mol. The molecule has 0 saturated carbocycles. The van der Waals surface area contributed by atoms with Gasteiger partial charge in [-0.15, -0.1) is 0 Å². The van der Waals surface area contributed by atoms with Crippen molar-refractivity contribution in [2.24, 2.45) is 0 Å². The molecule has 1 unspecified atom stereocenters. The lowest BCUT2D eigenvalue weighted by atomic mass is 9.96. The number of hydrogen-bond donors (Lipinski definition) is 8. The van der Waals surface area contributed by atoms with Crippen LogP contribution in [0.25, 0.3) is 44.5 Å². The van der Waals surface area contributed by atoms with Crippen LogP contribution in [-0.2, 0) is 0 Å². The number of aryl methyl sites for hydroxylation is 1. The Balaban J connectivity index is 1.27. The van der Waals surface area contributed by atoms with Gasteiger partial charge in [0.15, 0.2) is 46.0 Å². The minimum absolute atomic E-state index is 0.0387. The molecule has 0 saturated heterocycles. The lowest BCUT2D eigenvalue weighted by molar-refractivity contribution is 0.372. The largest absolute Gasteiger partial charge is 0.504 e. The monoisotopic (exact) mass is 876 g/mol. The number of phenols is 8. The maximum atomic E-state index is 11.9. The Bertz CT molecular complexity index is 3040. The normalized spacial score (nSPS) is 11.9. The highest BCUT2D eigenvalue weighted by atomic mass is 16.3. The van der Waals surface area contributed by atoms with Gasteiger partial charge in [-0.25, -0.2) is 0 Å². The first-order valence-corrected chi connectivity index (χ1v) is 21.3. The Kier molecular flexibility index (Phi) is 12.3. The second kappa shape index (κ2) is 18.5. The number of para-hydroxylation sites is 1. The number of nitrogens with zero attached hydrogens (tertiary/aromatic N) is 2. The van der Waals surface area contributed by atoms with Gasteiger partial charge in [-0.05, 0) is 90.0 Å². The molecule has 0 spiro atoms. The highest BCUT2D eigenvalue weighted by Gasteiger charge is 2.35.